The first-order valence-electron chi connectivity index (χ1n) is 7.51. The van der Waals surface area contributed by atoms with Gasteiger partial charge in [-0.25, -0.2) is 0 Å². The summed E-state index contributed by atoms with van der Waals surface area (Å²) in [6.45, 7) is 2.10. The van der Waals surface area contributed by atoms with Crippen LogP contribution in [0.3, 0.4) is 0 Å². The molecule has 1 aromatic carbocycles. The molecule has 0 saturated heterocycles. The number of rotatable bonds is 11. The summed E-state index contributed by atoms with van der Waals surface area (Å²) < 4.78 is 11.2. The summed E-state index contributed by atoms with van der Waals surface area (Å²) in [6.07, 6.45) is 0. The number of amides is 1. The maximum absolute atomic E-state index is 11.8. The van der Waals surface area contributed by atoms with E-state index in [0.29, 0.717) is 31.3 Å². The van der Waals surface area contributed by atoms with E-state index in [2.05, 4.69) is 20.8 Å². The minimum Gasteiger partial charge on any atom is -0.492 e. The number of methoxy groups -OCH3 is 1. The minimum atomic E-state index is -0.0752. The molecule has 25 heavy (non-hydrogen) atoms. The normalized spacial score (nSPS) is 10.5. The maximum atomic E-state index is 11.8. The van der Waals surface area contributed by atoms with Crippen LogP contribution < -0.4 is 15.4 Å². The van der Waals surface area contributed by atoms with E-state index in [1.807, 2.05) is 0 Å². The number of anilines is 1. The second kappa shape index (κ2) is 11.1. The van der Waals surface area contributed by atoms with Gasteiger partial charge in [-0.05, 0) is 24.3 Å². The highest BCUT2D eigenvalue weighted by atomic mass is 35.5. The molecular formula is C15H19ClN4O3S2. The smallest absolute Gasteiger partial charge is 0.230 e. The Labute approximate surface area is 159 Å². The van der Waals surface area contributed by atoms with Crippen LogP contribution in [-0.4, -0.2) is 55.3 Å². The Balaban J connectivity index is 1.58. The molecule has 1 heterocycles. The van der Waals surface area contributed by atoms with E-state index in [1.54, 1.807) is 31.4 Å². The van der Waals surface area contributed by atoms with Crippen LogP contribution >= 0.6 is 34.7 Å². The second-order valence-corrected chi connectivity index (χ2v) is 7.37. The molecule has 136 valence electrons. The predicted octanol–water partition coefficient (Wildman–Crippen LogP) is 2.54. The van der Waals surface area contributed by atoms with Gasteiger partial charge in [-0.3, -0.25) is 4.79 Å². The summed E-state index contributed by atoms with van der Waals surface area (Å²) in [5, 5.41) is 15.3. The van der Waals surface area contributed by atoms with E-state index in [4.69, 9.17) is 21.1 Å². The number of hydrogen-bond acceptors (Lipinski definition) is 8. The summed E-state index contributed by atoms with van der Waals surface area (Å²) >= 11 is 8.56. The highest BCUT2D eigenvalue weighted by molar-refractivity contribution is 8.01. The van der Waals surface area contributed by atoms with Gasteiger partial charge in [0.2, 0.25) is 11.0 Å². The van der Waals surface area contributed by atoms with Crippen molar-refractivity contribution in [1.29, 1.82) is 0 Å². The fourth-order valence-electron chi connectivity index (χ4n) is 1.67. The van der Waals surface area contributed by atoms with Gasteiger partial charge >= 0.3 is 0 Å². The number of hydrogen-bond donors (Lipinski definition) is 2. The average molecular weight is 403 g/mol. The molecule has 0 radical (unpaired) electrons. The molecule has 2 rings (SSSR count). The Morgan fingerprint density at radius 1 is 1.24 bits per heavy atom. The van der Waals surface area contributed by atoms with Crippen LogP contribution in [0.2, 0.25) is 5.02 Å². The molecular weight excluding hydrogens is 384 g/mol. The third kappa shape index (κ3) is 7.91. The van der Waals surface area contributed by atoms with E-state index in [0.717, 1.165) is 15.2 Å². The number of nitrogens with zero attached hydrogens (tertiary/aromatic N) is 2. The molecule has 2 aromatic rings. The quantitative estimate of drug-likeness (QED) is 0.441. The van der Waals surface area contributed by atoms with E-state index >= 15 is 0 Å². The first-order valence-corrected chi connectivity index (χ1v) is 9.69. The number of carbonyl (C=O) groups is 1. The van der Waals surface area contributed by atoms with Crippen LogP contribution in [0.1, 0.15) is 0 Å². The van der Waals surface area contributed by atoms with Crippen LogP contribution in [0, 0.1) is 0 Å². The summed E-state index contributed by atoms with van der Waals surface area (Å²) in [5.41, 5.74) is 0. The van der Waals surface area contributed by atoms with Gasteiger partial charge in [-0.1, -0.05) is 34.7 Å². The number of nitrogens with one attached hydrogen (secondary N) is 2. The van der Waals surface area contributed by atoms with Gasteiger partial charge in [0.25, 0.3) is 0 Å². The van der Waals surface area contributed by atoms with Crippen LogP contribution in [-0.2, 0) is 9.53 Å². The Kier molecular flexibility index (Phi) is 8.81. The monoisotopic (exact) mass is 402 g/mol. The number of carbonyl (C=O) groups excluding carboxylic acids is 1. The fourth-order valence-corrected chi connectivity index (χ4v) is 3.40. The number of thioether (sulfide) groups is 1. The Morgan fingerprint density at radius 3 is 2.80 bits per heavy atom. The van der Waals surface area contributed by atoms with E-state index in [9.17, 15) is 4.79 Å². The Bertz CT molecular complexity index is 654. The topological polar surface area (TPSA) is 85.4 Å². The SMILES string of the molecule is COCCNc1nnc(SCC(=O)NCCOc2ccc(Cl)cc2)s1. The summed E-state index contributed by atoms with van der Waals surface area (Å²) in [4.78, 5) is 11.8. The van der Waals surface area contributed by atoms with E-state index in [1.165, 1.54) is 23.1 Å². The largest absolute Gasteiger partial charge is 0.492 e. The van der Waals surface area contributed by atoms with E-state index < -0.39 is 0 Å². The molecule has 0 unspecified atom stereocenters. The van der Waals surface area contributed by atoms with Crippen molar-refractivity contribution in [1.82, 2.24) is 15.5 Å². The predicted molar refractivity (Wildman–Crippen MR) is 101 cm³/mol. The molecule has 2 N–H and O–H groups in total. The molecule has 0 spiro atoms. The number of ether oxygens (including phenoxy) is 2. The lowest BCUT2D eigenvalue weighted by Gasteiger charge is -2.07. The second-order valence-electron chi connectivity index (χ2n) is 4.73. The molecule has 1 aromatic heterocycles. The van der Waals surface area contributed by atoms with Gasteiger partial charge in [-0.15, -0.1) is 10.2 Å². The van der Waals surface area contributed by atoms with Crippen molar-refractivity contribution in [2.24, 2.45) is 0 Å². The average Bonchev–Trinajstić information content (AvgIpc) is 3.06. The molecule has 0 aliphatic heterocycles. The lowest BCUT2D eigenvalue weighted by atomic mass is 10.3. The molecule has 0 saturated carbocycles. The van der Waals surface area contributed by atoms with Gasteiger partial charge in [0.05, 0.1) is 18.9 Å². The van der Waals surface area contributed by atoms with Gasteiger partial charge in [-0.2, -0.15) is 0 Å². The van der Waals surface area contributed by atoms with Crippen molar-refractivity contribution in [3.63, 3.8) is 0 Å². The van der Waals surface area contributed by atoms with Crippen LogP contribution in [0.5, 0.6) is 5.75 Å². The van der Waals surface area contributed by atoms with Crippen LogP contribution in [0.15, 0.2) is 28.6 Å². The van der Waals surface area contributed by atoms with Crippen molar-refractivity contribution in [3.8, 4) is 5.75 Å². The third-order valence-electron chi connectivity index (χ3n) is 2.82. The summed E-state index contributed by atoms with van der Waals surface area (Å²) in [5.74, 6) is 0.928. The standard InChI is InChI=1S/C15H19ClN4O3S2/c1-22-8-6-18-14-19-20-15(25-14)24-10-13(21)17-7-9-23-12-4-2-11(16)3-5-12/h2-5H,6-10H2,1H3,(H,17,21)(H,18,19). The number of benzene rings is 1. The Hall–Kier alpha value is -1.55. The van der Waals surface area contributed by atoms with Crippen LogP contribution in [0.25, 0.3) is 0 Å². The van der Waals surface area contributed by atoms with E-state index in [-0.39, 0.29) is 11.7 Å². The molecule has 0 fully saturated rings. The van der Waals surface area contributed by atoms with Gasteiger partial charge in [0, 0.05) is 18.7 Å². The molecule has 1 amide bonds. The van der Waals surface area contributed by atoms with Crippen molar-refractivity contribution in [3.05, 3.63) is 29.3 Å². The third-order valence-corrected chi connectivity index (χ3v) is 5.09. The molecule has 0 atom stereocenters. The molecule has 0 bridgehead atoms. The van der Waals surface area contributed by atoms with Gasteiger partial charge in [0.1, 0.15) is 12.4 Å². The highest BCUT2D eigenvalue weighted by Gasteiger charge is 2.07. The lowest BCUT2D eigenvalue weighted by molar-refractivity contribution is -0.118. The van der Waals surface area contributed by atoms with Crippen molar-refractivity contribution >= 4 is 45.7 Å². The highest BCUT2D eigenvalue weighted by Crippen LogP contribution is 2.25. The molecule has 0 aliphatic rings. The summed E-state index contributed by atoms with van der Waals surface area (Å²) in [7, 11) is 1.64. The number of halogens is 1. The maximum Gasteiger partial charge on any atom is 0.230 e. The minimum absolute atomic E-state index is 0.0752. The molecule has 10 heteroatoms. The molecule has 0 aliphatic carbocycles. The number of aromatic nitrogens is 2. The fraction of sp³-hybridized carbons (Fsp3) is 0.400. The van der Waals surface area contributed by atoms with Gasteiger partial charge in [0.15, 0.2) is 4.34 Å². The Morgan fingerprint density at radius 2 is 2.04 bits per heavy atom. The van der Waals surface area contributed by atoms with Crippen molar-refractivity contribution in [2.75, 3.05) is 44.5 Å². The zero-order valence-corrected chi connectivity index (χ0v) is 16.0. The summed E-state index contributed by atoms with van der Waals surface area (Å²) in [6, 6.07) is 7.08. The lowest BCUT2D eigenvalue weighted by Crippen LogP contribution is -2.29. The first kappa shape index (κ1) is 19.8. The van der Waals surface area contributed by atoms with Crippen molar-refractivity contribution < 1.29 is 14.3 Å². The van der Waals surface area contributed by atoms with Crippen LogP contribution in [0.4, 0.5) is 5.13 Å². The zero-order chi connectivity index (χ0) is 17.9. The van der Waals surface area contributed by atoms with Gasteiger partial charge < -0.3 is 20.1 Å². The zero-order valence-electron chi connectivity index (χ0n) is 13.7. The molecule has 7 nitrogen and oxygen atoms in total. The van der Waals surface area contributed by atoms with Crippen molar-refractivity contribution in [2.45, 2.75) is 4.34 Å². The first-order chi connectivity index (χ1) is 12.2.